The molecule has 2 N–H and O–H groups in total. The van der Waals surface area contributed by atoms with Gasteiger partial charge < -0.3 is 39.4 Å². The zero-order chi connectivity index (χ0) is 33.0. The lowest BCUT2D eigenvalue weighted by Crippen LogP contribution is -2.37. The van der Waals surface area contributed by atoms with Gasteiger partial charge in [-0.25, -0.2) is 9.59 Å². The van der Waals surface area contributed by atoms with E-state index >= 15 is 0 Å². The molecule has 258 valence electrons. The number of carbonyl (C=O) groups is 4. The minimum Gasteiger partial charge on any atom is -0.466 e. The molecule has 0 aliphatic carbocycles. The summed E-state index contributed by atoms with van der Waals surface area (Å²) >= 11 is 0. The van der Waals surface area contributed by atoms with Gasteiger partial charge in [-0.1, -0.05) is 54.4 Å². The Balaban J connectivity index is 4.38. The second kappa shape index (κ2) is 27.9. The van der Waals surface area contributed by atoms with E-state index < -0.39 is 12.2 Å². The number of hydrogen-bond donors (Lipinski definition) is 2. The Kier molecular flexibility index (Phi) is 26.3. The van der Waals surface area contributed by atoms with Crippen LogP contribution in [0.4, 0.5) is 9.59 Å². The van der Waals surface area contributed by atoms with Crippen LogP contribution in [0.1, 0.15) is 106 Å². The van der Waals surface area contributed by atoms with Crippen molar-refractivity contribution in [1.82, 2.24) is 20.4 Å². The van der Waals surface area contributed by atoms with Crippen LogP contribution in [0, 0.1) is 0 Å². The average molecular weight is 631 g/mol. The third-order valence-electron chi connectivity index (χ3n) is 7.28. The second-order valence-corrected chi connectivity index (χ2v) is 10.8. The lowest BCUT2D eigenvalue weighted by Gasteiger charge is -2.25. The number of likely N-dealkylation sites (N-methyl/N-ethyl adjacent to an activating group) is 1. The largest absolute Gasteiger partial charge is 0.466 e. The Morgan fingerprint density at radius 1 is 0.591 bits per heavy atom. The van der Waals surface area contributed by atoms with Crippen LogP contribution in [0.3, 0.4) is 0 Å². The highest BCUT2D eigenvalue weighted by Crippen LogP contribution is 2.07. The monoisotopic (exact) mass is 630 g/mol. The topological polar surface area (TPSA) is 136 Å². The average Bonchev–Trinajstić information content (AvgIpc) is 3.01. The molecular weight excluding hydrogens is 568 g/mol. The summed E-state index contributed by atoms with van der Waals surface area (Å²) in [5.74, 6) is -0.633. The highest BCUT2D eigenvalue weighted by Gasteiger charge is 2.15. The molecule has 0 saturated carbocycles. The molecule has 0 aromatic carbocycles. The molecule has 0 aromatic rings. The maximum Gasteiger partial charge on any atom is 0.407 e. The van der Waals surface area contributed by atoms with Gasteiger partial charge in [0.05, 0.1) is 26.1 Å². The fourth-order valence-electron chi connectivity index (χ4n) is 4.42. The number of nitrogens with one attached hydrogen (secondary N) is 2. The predicted octanol–water partition coefficient (Wildman–Crippen LogP) is 4.89. The van der Waals surface area contributed by atoms with E-state index in [0.717, 1.165) is 58.2 Å². The van der Waals surface area contributed by atoms with Crippen molar-refractivity contribution in [1.29, 1.82) is 0 Å². The first-order valence-corrected chi connectivity index (χ1v) is 16.9. The van der Waals surface area contributed by atoms with Gasteiger partial charge in [0.1, 0.15) is 12.2 Å². The highest BCUT2D eigenvalue weighted by molar-refractivity contribution is 5.70. The lowest BCUT2D eigenvalue weighted by molar-refractivity contribution is -0.144. The molecule has 0 aliphatic heterocycles. The molecule has 0 bridgehead atoms. The maximum absolute atomic E-state index is 12.3. The Morgan fingerprint density at radius 3 is 1.36 bits per heavy atom. The molecule has 0 aromatic heterocycles. The van der Waals surface area contributed by atoms with Crippen molar-refractivity contribution in [3.63, 3.8) is 0 Å². The standard InChI is InChI=1S/C32H62N4O8/c1-7-15-27(9-3)43-31(39)33-19-13-25-41-29(37)17-21-36(24-23-35(11-5)12-6)22-18-30(38)42-26-14-20-34-32(40)44-28(10-4)16-8-2/h27-28H,7-26H2,1-6H3,(H,33,39)(H,34,40). The Morgan fingerprint density at radius 2 is 1.00 bits per heavy atom. The molecule has 2 amide bonds. The van der Waals surface area contributed by atoms with Crippen molar-refractivity contribution < 1.29 is 38.1 Å². The SMILES string of the molecule is CCCC(CC)OC(=O)NCCCOC(=O)CCN(CCC(=O)OCCCNC(=O)OC(CC)CCC)CCN(CC)CC. The molecule has 0 fully saturated rings. The van der Waals surface area contributed by atoms with E-state index in [1.165, 1.54) is 0 Å². The van der Waals surface area contributed by atoms with Crippen LogP contribution in [-0.4, -0.2) is 112 Å². The van der Waals surface area contributed by atoms with E-state index in [1.54, 1.807) is 0 Å². The van der Waals surface area contributed by atoms with E-state index in [1.807, 2.05) is 13.8 Å². The number of alkyl carbamates (subject to hydrolysis) is 2. The number of amides is 2. The summed E-state index contributed by atoms with van der Waals surface area (Å²) in [6.45, 7) is 17.8. The molecule has 0 radical (unpaired) electrons. The first-order chi connectivity index (χ1) is 21.2. The smallest absolute Gasteiger partial charge is 0.407 e. The summed E-state index contributed by atoms with van der Waals surface area (Å²) in [6, 6.07) is 0. The van der Waals surface area contributed by atoms with Gasteiger partial charge in [-0.15, -0.1) is 0 Å². The van der Waals surface area contributed by atoms with Crippen molar-refractivity contribution in [3.8, 4) is 0 Å². The van der Waals surface area contributed by atoms with E-state index in [0.29, 0.717) is 45.6 Å². The number of rotatable bonds is 27. The van der Waals surface area contributed by atoms with Gasteiger partial charge in [0.2, 0.25) is 0 Å². The van der Waals surface area contributed by atoms with E-state index in [2.05, 4.69) is 48.1 Å². The van der Waals surface area contributed by atoms with Crippen molar-refractivity contribution >= 4 is 24.1 Å². The third-order valence-corrected chi connectivity index (χ3v) is 7.28. The van der Waals surface area contributed by atoms with E-state index in [9.17, 15) is 19.2 Å². The number of carbonyl (C=O) groups excluding carboxylic acids is 4. The molecule has 2 atom stereocenters. The first kappa shape index (κ1) is 41.4. The van der Waals surface area contributed by atoms with Crippen molar-refractivity contribution in [2.45, 2.75) is 118 Å². The molecule has 12 heteroatoms. The summed E-state index contributed by atoms with van der Waals surface area (Å²) in [6.07, 6.45) is 5.52. The molecule has 0 rings (SSSR count). The van der Waals surface area contributed by atoms with Gasteiger partial charge in [-0.05, 0) is 51.6 Å². The number of ether oxygens (including phenoxy) is 4. The zero-order valence-electron chi connectivity index (χ0n) is 28.5. The fourth-order valence-corrected chi connectivity index (χ4v) is 4.42. The van der Waals surface area contributed by atoms with Gasteiger partial charge in [0, 0.05) is 39.3 Å². The van der Waals surface area contributed by atoms with Gasteiger partial charge in [-0.2, -0.15) is 0 Å². The second-order valence-electron chi connectivity index (χ2n) is 10.8. The van der Waals surface area contributed by atoms with E-state index in [4.69, 9.17) is 18.9 Å². The van der Waals surface area contributed by atoms with Gasteiger partial charge in [-0.3, -0.25) is 9.59 Å². The summed E-state index contributed by atoms with van der Waals surface area (Å²) < 4.78 is 21.4. The molecule has 12 nitrogen and oxygen atoms in total. The molecule has 0 aliphatic rings. The van der Waals surface area contributed by atoms with Crippen LogP contribution < -0.4 is 10.6 Å². The summed E-state index contributed by atoms with van der Waals surface area (Å²) in [5, 5.41) is 5.40. The zero-order valence-corrected chi connectivity index (χ0v) is 28.5. The quantitative estimate of drug-likeness (QED) is 0.0734. The minimum absolute atomic E-state index is 0.0760. The molecular formula is C32H62N4O8. The predicted molar refractivity (Wildman–Crippen MR) is 172 cm³/mol. The Bertz CT molecular complexity index is 713. The molecule has 0 heterocycles. The maximum atomic E-state index is 12.3. The molecule has 44 heavy (non-hydrogen) atoms. The molecule has 0 saturated heterocycles. The van der Waals surface area contributed by atoms with E-state index in [-0.39, 0.29) is 50.2 Å². The van der Waals surface area contributed by atoms with Gasteiger partial charge >= 0.3 is 24.1 Å². The van der Waals surface area contributed by atoms with Crippen LogP contribution in [0.5, 0.6) is 0 Å². The number of nitrogens with zero attached hydrogens (tertiary/aromatic N) is 2. The van der Waals surface area contributed by atoms with Crippen LogP contribution in [-0.2, 0) is 28.5 Å². The fraction of sp³-hybridized carbons (Fsp3) is 0.875. The summed E-state index contributed by atoms with van der Waals surface area (Å²) in [4.78, 5) is 52.8. The highest BCUT2D eigenvalue weighted by atomic mass is 16.6. The lowest BCUT2D eigenvalue weighted by atomic mass is 10.2. The third kappa shape index (κ3) is 22.9. The summed E-state index contributed by atoms with van der Waals surface area (Å²) in [5.41, 5.74) is 0. The summed E-state index contributed by atoms with van der Waals surface area (Å²) in [7, 11) is 0. The Labute approximate surface area is 266 Å². The van der Waals surface area contributed by atoms with Crippen LogP contribution in [0.2, 0.25) is 0 Å². The van der Waals surface area contributed by atoms with Gasteiger partial charge in [0.15, 0.2) is 0 Å². The van der Waals surface area contributed by atoms with Crippen LogP contribution in [0.15, 0.2) is 0 Å². The van der Waals surface area contributed by atoms with Crippen LogP contribution >= 0.6 is 0 Å². The minimum atomic E-state index is -0.441. The number of esters is 2. The molecule has 0 spiro atoms. The number of hydrogen-bond acceptors (Lipinski definition) is 10. The first-order valence-electron chi connectivity index (χ1n) is 16.9. The van der Waals surface area contributed by atoms with Crippen LogP contribution in [0.25, 0.3) is 0 Å². The normalized spacial score (nSPS) is 12.5. The Hall–Kier alpha value is -2.60. The molecule has 2 unspecified atom stereocenters. The van der Waals surface area contributed by atoms with Crippen molar-refractivity contribution in [2.75, 3.05) is 65.6 Å². The van der Waals surface area contributed by atoms with Crippen molar-refractivity contribution in [3.05, 3.63) is 0 Å². The van der Waals surface area contributed by atoms with Gasteiger partial charge in [0.25, 0.3) is 0 Å². The van der Waals surface area contributed by atoms with Crippen molar-refractivity contribution in [2.24, 2.45) is 0 Å².